The second kappa shape index (κ2) is 8.15. The number of amides is 2. The van der Waals surface area contributed by atoms with Gasteiger partial charge in [-0.05, 0) is 43.0 Å². The maximum Gasteiger partial charge on any atom is 0.254 e. The molecule has 1 saturated heterocycles. The Bertz CT molecular complexity index is 783. The molecule has 1 fully saturated rings. The monoisotopic (exact) mass is 351 g/mol. The van der Waals surface area contributed by atoms with Crippen molar-refractivity contribution in [1.29, 1.82) is 0 Å². The second-order valence-electron chi connectivity index (χ2n) is 6.75. The molecule has 2 aromatic carbocycles. The summed E-state index contributed by atoms with van der Waals surface area (Å²) in [4.78, 5) is 26.9. The van der Waals surface area contributed by atoms with Crippen molar-refractivity contribution in [3.63, 3.8) is 0 Å². The zero-order valence-corrected chi connectivity index (χ0v) is 15.1. The van der Waals surface area contributed by atoms with Gasteiger partial charge in [-0.15, -0.1) is 0 Å². The van der Waals surface area contributed by atoms with E-state index in [1.54, 1.807) is 0 Å². The maximum absolute atomic E-state index is 12.7. The Hall–Kier alpha value is -2.66. The van der Waals surface area contributed by atoms with Crippen molar-refractivity contribution in [3.8, 4) is 0 Å². The summed E-state index contributed by atoms with van der Waals surface area (Å²) in [7, 11) is 0. The number of anilines is 1. The van der Waals surface area contributed by atoms with Crippen LogP contribution in [0.25, 0.3) is 0 Å². The van der Waals surface area contributed by atoms with Crippen LogP contribution in [0.15, 0.2) is 48.5 Å². The molecule has 1 atom stereocenters. The van der Waals surface area contributed by atoms with Crippen molar-refractivity contribution in [2.75, 3.05) is 18.4 Å². The fraction of sp³-hybridized carbons (Fsp3) is 0.333. The first-order chi connectivity index (χ1) is 12.6. The molecule has 1 unspecified atom stereocenters. The van der Waals surface area contributed by atoms with Crippen LogP contribution in [0.1, 0.15) is 46.8 Å². The van der Waals surface area contributed by atoms with E-state index in [1.165, 1.54) is 0 Å². The number of carbonyl (C=O) groups excluding carboxylic acids is 2. The molecule has 5 nitrogen and oxygen atoms in total. The van der Waals surface area contributed by atoms with Gasteiger partial charge >= 0.3 is 0 Å². The fourth-order valence-electron chi connectivity index (χ4n) is 3.31. The molecule has 0 saturated carbocycles. The quantitative estimate of drug-likeness (QED) is 0.868. The van der Waals surface area contributed by atoms with Gasteiger partial charge in [0.15, 0.2) is 0 Å². The Balaban J connectivity index is 1.68. The number of rotatable bonds is 5. The third kappa shape index (κ3) is 4.11. The van der Waals surface area contributed by atoms with Gasteiger partial charge in [-0.3, -0.25) is 9.59 Å². The second-order valence-corrected chi connectivity index (χ2v) is 6.75. The minimum atomic E-state index is -0.356. The molecule has 136 valence electrons. The third-order valence-corrected chi connectivity index (χ3v) is 4.86. The van der Waals surface area contributed by atoms with E-state index in [1.807, 2.05) is 60.4 Å². The van der Waals surface area contributed by atoms with Crippen molar-refractivity contribution < 1.29 is 9.59 Å². The Morgan fingerprint density at radius 2 is 1.77 bits per heavy atom. The highest BCUT2D eigenvalue weighted by Gasteiger charge is 2.22. The smallest absolute Gasteiger partial charge is 0.254 e. The van der Waals surface area contributed by atoms with Gasteiger partial charge in [-0.1, -0.05) is 36.4 Å². The number of benzene rings is 2. The van der Waals surface area contributed by atoms with Crippen LogP contribution >= 0.6 is 0 Å². The fourth-order valence-corrected chi connectivity index (χ4v) is 3.31. The van der Waals surface area contributed by atoms with Crippen LogP contribution in [0.3, 0.4) is 0 Å². The van der Waals surface area contributed by atoms with Gasteiger partial charge in [0, 0.05) is 36.8 Å². The van der Waals surface area contributed by atoms with Crippen LogP contribution in [0.4, 0.5) is 5.69 Å². The van der Waals surface area contributed by atoms with E-state index in [0.29, 0.717) is 11.3 Å². The summed E-state index contributed by atoms with van der Waals surface area (Å²) in [6.07, 6.45) is 2.30. The minimum Gasteiger partial charge on any atom is -0.339 e. The van der Waals surface area contributed by atoms with E-state index in [0.717, 1.165) is 37.1 Å². The lowest BCUT2D eigenvalue weighted by Gasteiger charge is -2.19. The molecule has 0 spiro atoms. The van der Waals surface area contributed by atoms with Gasteiger partial charge in [0.1, 0.15) is 0 Å². The van der Waals surface area contributed by atoms with E-state index < -0.39 is 0 Å². The molecule has 5 heteroatoms. The molecule has 2 aromatic rings. The normalized spacial score (nSPS) is 14.9. The molecule has 1 aliphatic rings. The Morgan fingerprint density at radius 1 is 1.08 bits per heavy atom. The lowest BCUT2D eigenvalue weighted by Crippen LogP contribution is -2.28. The molecule has 0 bridgehead atoms. The zero-order chi connectivity index (χ0) is 18.5. The van der Waals surface area contributed by atoms with Gasteiger partial charge in [0.25, 0.3) is 5.91 Å². The molecule has 2 amide bonds. The Labute approximate surface area is 154 Å². The van der Waals surface area contributed by atoms with E-state index >= 15 is 0 Å². The summed E-state index contributed by atoms with van der Waals surface area (Å²) in [5.74, 6) is -0.118. The van der Waals surface area contributed by atoms with Gasteiger partial charge < -0.3 is 16.0 Å². The van der Waals surface area contributed by atoms with E-state index in [4.69, 9.17) is 5.73 Å². The van der Waals surface area contributed by atoms with Crippen molar-refractivity contribution in [3.05, 3.63) is 65.2 Å². The number of hydrogen-bond acceptors (Lipinski definition) is 3. The summed E-state index contributed by atoms with van der Waals surface area (Å²) in [5.41, 5.74) is 9.17. The molecule has 3 N–H and O–H groups in total. The van der Waals surface area contributed by atoms with Crippen LogP contribution < -0.4 is 11.1 Å². The average molecular weight is 351 g/mol. The summed E-state index contributed by atoms with van der Waals surface area (Å²) in [6, 6.07) is 14.7. The van der Waals surface area contributed by atoms with Gasteiger partial charge in [0.05, 0.1) is 0 Å². The van der Waals surface area contributed by atoms with Crippen LogP contribution in [-0.4, -0.2) is 29.8 Å². The SMILES string of the molecule is Cc1c(NC(=O)CC(N)c2ccccc2)cccc1C(=O)N1CCCC1. The van der Waals surface area contributed by atoms with E-state index in [2.05, 4.69) is 5.32 Å². The van der Waals surface area contributed by atoms with Crippen LogP contribution in [0, 0.1) is 6.92 Å². The predicted molar refractivity (Wildman–Crippen MR) is 103 cm³/mol. The molecule has 0 aliphatic carbocycles. The minimum absolute atomic E-state index is 0.0390. The van der Waals surface area contributed by atoms with E-state index in [9.17, 15) is 9.59 Å². The third-order valence-electron chi connectivity index (χ3n) is 4.86. The molecule has 1 heterocycles. The summed E-state index contributed by atoms with van der Waals surface area (Å²) < 4.78 is 0. The molecule has 3 rings (SSSR count). The number of nitrogens with zero attached hydrogens (tertiary/aromatic N) is 1. The molecule has 0 aromatic heterocycles. The highest BCUT2D eigenvalue weighted by molar-refractivity contribution is 5.99. The topological polar surface area (TPSA) is 75.4 Å². The maximum atomic E-state index is 12.7. The first-order valence-corrected chi connectivity index (χ1v) is 9.05. The molecule has 0 radical (unpaired) electrons. The molecular formula is C21H25N3O2. The van der Waals surface area contributed by atoms with Crippen LogP contribution in [0.2, 0.25) is 0 Å². The van der Waals surface area contributed by atoms with Gasteiger partial charge in [0.2, 0.25) is 5.91 Å². The summed E-state index contributed by atoms with van der Waals surface area (Å²) in [5, 5.41) is 2.91. The number of likely N-dealkylation sites (tertiary alicyclic amines) is 1. The first kappa shape index (κ1) is 18.1. The lowest BCUT2D eigenvalue weighted by atomic mass is 10.0. The number of nitrogens with one attached hydrogen (secondary N) is 1. The van der Waals surface area contributed by atoms with E-state index in [-0.39, 0.29) is 24.3 Å². The highest BCUT2D eigenvalue weighted by Crippen LogP contribution is 2.23. The largest absolute Gasteiger partial charge is 0.339 e. The zero-order valence-electron chi connectivity index (χ0n) is 15.1. The molecule has 1 aliphatic heterocycles. The van der Waals surface area contributed by atoms with Crippen molar-refractivity contribution in [2.24, 2.45) is 5.73 Å². The van der Waals surface area contributed by atoms with Crippen molar-refractivity contribution in [1.82, 2.24) is 4.90 Å². The molecular weight excluding hydrogens is 326 g/mol. The first-order valence-electron chi connectivity index (χ1n) is 9.05. The number of carbonyl (C=O) groups is 2. The highest BCUT2D eigenvalue weighted by atomic mass is 16.2. The summed E-state index contributed by atoms with van der Waals surface area (Å²) in [6.45, 7) is 3.48. The summed E-state index contributed by atoms with van der Waals surface area (Å²) >= 11 is 0. The van der Waals surface area contributed by atoms with Crippen LogP contribution in [-0.2, 0) is 4.79 Å². The Morgan fingerprint density at radius 3 is 2.46 bits per heavy atom. The van der Waals surface area contributed by atoms with Gasteiger partial charge in [-0.2, -0.15) is 0 Å². The van der Waals surface area contributed by atoms with Gasteiger partial charge in [-0.25, -0.2) is 0 Å². The Kier molecular flexibility index (Phi) is 5.68. The predicted octanol–water partition coefficient (Wildman–Crippen LogP) is 3.26. The number of nitrogens with two attached hydrogens (primary N) is 1. The standard InChI is InChI=1S/C21H25N3O2/c1-15-17(21(26)24-12-5-6-13-24)10-7-11-19(15)23-20(25)14-18(22)16-8-3-2-4-9-16/h2-4,7-11,18H,5-6,12-14,22H2,1H3,(H,23,25). The van der Waals surface area contributed by atoms with Crippen molar-refractivity contribution in [2.45, 2.75) is 32.2 Å². The lowest BCUT2D eigenvalue weighted by molar-refractivity contribution is -0.116. The van der Waals surface area contributed by atoms with Crippen molar-refractivity contribution >= 4 is 17.5 Å². The van der Waals surface area contributed by atoms with Crippen LogP contribution in [0.5, 0.6) is 0 Å². The molecule has 26 heavy (non-hydrogen) atoms. The number of hydrogen-bond donors (Lipinski definition) is 2. The average Bonchev–Trinajstić information content (AvgIpc) is 3.18.